The average Bonchev–Trinajstić information content (AvgIpc) is 2.44. The summed E-state index contributed by atoms with van der Waals surface area (Å²) in [4.78, 5) is 4.47. The van der Waals surface area contributed by atoms with Gasteiger partial charge in [-0.15, -0.1) is 0 Å². The molecule has 0 radical (unpaired) electrons. The maximum Gasteiger partial charge on any atom is 0.0434 e. The van der Waals surface area contributed by atoms with E-state index in [0.717, 1.165) is 11.8 Å². The van der Waals surface area contributed by atoms with Crippen molar-refractivity contribution in [1.82, 2.24) is 4.98 Å². The van der Waals surface area contributed by atoms with E-state index in [1.807, 2.05) is 12.3 Å². The van der Waals surface area contributed by atoms with Crippen molar-refractivity contribution in [3.8, 4) is 0 Å². The fourth-order valence-electron chi connectivity index (χ4n) is 2.40. The third-order valence-electron chi connectivity index (χ3n) is 3.36. The molecule has 0 bridgehead atoms. The van der Waals surface area contributed by atoms with E-state index in [0.29, 0.717) is 0 Å². The number of nitrogens with zero attached hydrogens (tertiary/aromatic N) is 1. The fraction of sp³-hybridized carbons (Fsp3) is 0.615. The van der Waals surface area contributed by atoms with Crippen LogP contribution in [0, 0.1) is 5.92 Å². The molecule has 0 amide bonds. The van der Waals surface area contributed by atoms with Gasteiger partial charge in [-0.25, -0.2) is 0 Å². The van der Waals surface area contributed by atoms with Crippen molar-refractivity contribution in [3.63, 3.8) is 0 Å². The van der Waals surface area contributed by atoms with Crippen LogP contribution < -0.4 is 0 Å². The summed E-state index contributed by atoms with van der Waals surface area (Å²) < 4.78 is 0. The molecule has 2 rings (SSSR count). The van der Waals surface area contributed by atoms with Crippen LogP contribution in [0.1, 0.15) is 50.6 Å². The molecule has 0 saturated heterocycles. The van der Waals surface area contributed by atoms with Crippen molar-refractivity contribution in [1.29, 1.82) is 0 Å². The lowest BCUT2D eigenvalue weighted by Gasteiger charge is -2.12. The van der Waals surface area contributed by atoms with E-state index < -0.39 is 0 Å². The maximum atomic E-state index is 4.47. The van der Waals surface area contributed by atoms with Crippen LogP contribution in [-0.2, 0) is 0 Å². The minimum Gasteiger partial charge on any atom is -0.261 e. The Labute approximate surface area is 86.6 Å². The molecule has 1 aromatic rings. The van der Waals surface area contributed by atoms with Crippen LogP contribution in [0.2, 0.25) is 0 Å². The molecule has 1 fully saturated rings. The smallest absolute Gasteiger partial charge is 0.0434 e. The molecule has 14 heavy (non-hydrogen) atoms. The van der Waals surface area contributed by atoms with Crippen molar-refractivity contribution in [3.05, 3.63) is 30.1 Å². The summed E-state index contributed by atoms with van der Waals surface area (Å²) in [5.41, 5.74) is 1.31. The van der Waals surface area contributed by atoms with Gasteiger partial charge >= 0.3 is 0 Å². The molecule has 0 aliphatic heterocycles. The number of hydrogen-bond acceptors (Lipinski definition) is 1. The topological polar surface area (TPSA) is 12.9 Å². The van der Waals surface area contributed by atoms with Crippen molar-refractivity contribution in [2.24, 2.45) is 5.92 Å². The second kappa shape index (κ2) is 4.59. The molecule has 1 saturated carbocycles. The van der Waals surface area contributed by atoms with Gasteiger partial charge < -0.3 is 0 Å². The third kappa shape index (κ3) is 2.34. The molecule has 2 unspecified atom stereocenters. The average molecular weight is 189 g/mol. The van der Waals surface area contributed by atoms with Gasteiger partial charge in [0.1, 0.15) is 0 Å². The highest BCUT2D eigenvalue weighted by Crippen LogP contribution is 2.32. The lowest BCUT2D eigenvalue weighted by Crippen LogP contribution is -1.99. The zero-order valence-electron chi connectivity index (χ0n) is 8.95. The highest BCUT2D eigenvalue weighted by atomic mass is 14.7. The Bertz CT molecular complexity index is 268. The standard InChI is InChI=1S/C13H19N/c1-11-5-4-6-12(9-8-11)13-7-2-3-10-14-13/h2-3,7,10-12H,4-6,8-9H2,1H3. The van der Waals surface area contributed by atoms with Gasteiger partial charge in [0.25, 0.3) is 0 Å². The Kier molecular flexibility index (Phi) is 3.18. The second-order valence-electron chi connectivity index (χ2n) is 4.56. The first kappa shape index (κ1) is 9.70. The van der Waals surface area contributed by atoms with E-state index in [2.05, 4.69) is 24.0 Å². The number of aromatic nitrogens is 1. The zero-order chi connectivity index (χ0) is 9.80. The van der Waals surface area contributed by atoms with Crippen LogP contribution in [0.15, 0.2) is 24.4 Å². The number of pyridine rings is 1. The van der Waals surface area contributed by atoms with Crippen molar-refractivity contribution in [2.45, 2.75) is 44.9 Å². The summed E-state index contributed by atoms with van der Waals surface area (Å²) >= 11 is 0. The first-order valence-electron chi connectivity index (χ1n) is 5.77. The molecule has 1 nitrogen and oxygen atoms in total. The van der Waals surface area contributed by atoms with E-state index in [-0.39, 0.29) is 0 Å². The zero-order valence-corrected chi connectivity index (χ0v) is 8.95. The summed E-state index contributed by atoms with van der Waals surface area (Å²) in [5, 5.41) is 0. The Hall–Kier alpha value is -0.850. The van der Waals surface area contributed by atoms with E-state index >= 15 is 0 Å². The normalized spacial score (nSPS) is 28.4. The van der Waals surface area contributed by atoms with Crippen molar-refractivity contribution in [2.75, 3.05) is 0 Å². The lowest BCUT2D eigenvalue weighted by atomic mass is 9.95. The second-order valence-corrected chi connectivity index (χ2v) is 4.56. The molecular formula is C13H19N. The van der Waals surface area contributed by atoms with Gasteiger partial charge in [0, 0.05) is 17.8 Å². The molecule has 1 heterocycles. The van der Waals surface area contributed by atoms with Gasteiger partial charge in [0.2, 0.25) is 0 Å². The van der Waals surface area contributed by atoms with Crippen molar-refractivity contribution < 1.29 is 0 Å². The molecule has 1 aromatic heterocycles. The molecule has 1 aliphatic carbocycles. The Morgan fingerprint density at radius 1 is 1.14 bits per heavy atom. The largest absolute Gasteiger partial charge is 0.261 e. The van der Waals surface area contributed by atoms with Crippen LogP contribution in [0.5, 0.6) is 0 Å². The summed E-state index contributed by atoms with van der Waals surface area (Å²) in [6, 6.07) is 6.29. The van der Waals surface area contributed by atoms with Crippen LogP contribution in [0.4, 0.5) is 0 Å². The van der Waals surface area contributed by atoms with Crippen LogP contribution >= 0.6 is 0 Å². The van der Waals surface area contributed by atoms with Crippen molar-refractivity contribution >= 4 is 0 Å². The van der Waals surface area contributed by atoms with E-state index in [1.165, 1.54) is 37.8 Å². The van der Waals surface area contributed by atoms with Crippen LogP contribution in [0.25, 0.3) is 0 Å². The van der Waals surface area contributed by atoms with Crippen LogP contribution in [-0.4, -0.2) is 4.98 Å². The quantitative estimate of drug-likeness (QED) is 0.613. The van der Waals surface area contributed by atoms with Gasteiger partial charge in [0.05, 0.1) is 0 Å². The predicted octanol–water partition coefficient (Wildman–Crippen LogP) is 3.77. The third-order valence-corrected chi connectivity index (χ3v) is 3.36. The lowest BCUT2D eigenvalue weighted by molar-refractivity contribution is 0.498. The molecule has 0 N–H and O–H groups in total. The van der Waals surface area contributed by atoms with Gasteiger partial charge in [-0.05, 0) is 30.9 Å². The summed E-state index contributed by atoms with van der Waals surface area (Å²) in [6.07, 6.45) is 8.75. The Morgan fingerprint density at radius 2 is 2.07 bits per heavy atom. The van der Waals surface area contributed by atoms with E-state index in [1.54, 1.807) is 0 Å². The molecule has 1 heteroatoms. The molecule has 0 spiro atoms. The van der Waals surface area contributed by atoms with E-state index in [9.17, 15) is 0 Å². The number of hydrogen-bond donors (Lipinski definition) is 0. The fourth-order valence-corrected chi connectivity index (χ4v) is 2.40. The highest BCUT2D eigenvalue weighted by Gasteiger charge is 2.17. The highest BCUT2D eigenvalue weighted by molar-refractivity contribution is 5.09. The molecular weight excluding hydrogens is 170 g/mol. The van der Waals surface area contributed by atoms with Crippen LogP contribution in [0.3, 0.4) is 0 Å². The van der Waals surface area contributed by atoms with Gasteiger partial charge in [-0.1, -0.05) is 32.3 Å². The Morgan fingerprint density at radius 3 is 2.86 bits per heavy atom. The summed E-state index contributed by atoms with van der Waals surface area (Å²) in [6.45, 7) is 2.38. The monoisotopic (exact) mass is 189 g/mol. The molecule has 76 valence electrons. The molecule has 1 aliphatic rings. The number of rotatable bonds is 1. The minimum atomic E-state index is 0.723. The molecule has 2 atom stereocenters. The predicted molar refractivity (Wildman–Crippen MR) is 59.2 cm³/mol. The Balaban J connectivity index is 2.04. The first-order chi connectivity index (χ1) is 6.86. The van der Waals surface area contributed by atoms with Gasteiger partial charge in [-0.3, -0.25) is 4.98 Å². The van der Waals surface area contributed by atoms with Gasteiger partial charge in [-0.2, -0.15) is 0 Å². The maximum absolute atomic E-state index is 4.47. The SMILES string of the molecule is CC1CCCC(c2ccccn2)CC1. The first-order valence-corrected chi connectivity index (χ1v) is 5.77. The summed E-state index contributed by atoms with van der Waals surface area (Å²) in [7, 11) is 0. The van der Waals surface area contributed by atoms with E-state index in [4.69, 9.17) is 0 Å². The minimum absolute atomic E-state index is 0.723. The summed E-state index contributed by atoms with van der Waals surface area (Å²) in [5.74, 6) is 1.64. The van der Waals surface area contributed by atoms with Gasteiger partial charge in [0.15, 0.2) is 0 Å². The molecule has 0 aromatic carbocycles.